The minimum absolute atomic E-state index is 0.480. The quantitative estimate of drug-likeness (QED) is 0.174. The van der Waals surface area contributed by atoms with E-state index in [1.165, 1.54) is 0 Å². The highest BCUT2D eigenvalue weighted by Crippen LogP contribution is 2.46. The number of hydrogen-bond acceptors (Lipinski definition) is 6. The second-order valence-corrected chi connectivity index (χ2v) is 15.4. The number of pyridine rings is 2. The summed E-state index contributed by atoms with van der Waals surface area (Å²) >= 11 is 0. The monoisotopic (exact) mass is 796 g/mol. The summed E-state index contributed by atoms with van der Waals surface area (Å²) in [5.74, 6) is 1.21. The van der Waals surface area contributed by atoms with Gasteiger partial charge in [-0.15, -0.1) is 0 Å². The predicted octanol–water partition coefficient (Wildman–Crippen LogP) is 13.0. The molecule has 0 aliphatic carbocycles. The first kappa shape index (κ1) is 35.5. The maximum absolute atomic E-state index is 7.07. The Morgan fingerprint density at radius 3 is 1.76 bits per heavy atom. The topological polar surface area (TPSA) is 80.6 Å². The first-order chi connectivity index (χ1) is 30.8. The molecule has 11 aromatic rings. The van der Waals surface area contributed by atoms with E-state index in [0.717, 1.165) is 99.8 Å². The van der Waals surface area contributed by atoms with Crippen LogP contribution in [0.5, 0.6) is 0 Å². The molecule has 0 saturated carbocycles. The molecule has 0 bridgehead atoms. The number of hydrogen-bond donors (Lipinski definition) is 1. The Hall–Kier alpha value is -8.42. The van der Waals surface area contributed by atoms with E-state index in [1.54, 1.807) is 12.4 Å². The van der Waals surface area contributed by atoms with E-state index in [4.69, 9.17) is 19.4 Å². The van der Waals surface area contributed by atoms with Crippen molar-refractivity contribution >= 4 is 55.4 Å². The summed E-state index contributed by atoms with van der Waals surface area (Å²) < 4.78 is 9.49. The zero-order valence-electron chi connectivity index (χ0n) is 33.4. The Balaban J connectivity index is 1.17. The van der Waals surface area contributed by atoms with Crippen molar-refractivity contribution in [1.82, 2.24) is 19.9 Å². The molecule has 0 fully saturated rings. The fourth-order valence-electron chi connectivity index (χ4n) is 8.98. The number of amidine groups is 2. The molecule has 5 heterocycles. The third-order valence-corrected chi connectivity index (χ3v) is 11.8. The van der Waals surface area contributed by atoms with Gasteiger partial charge in [-0.2, -0.15) is 0 Å². The molecule has 0 radical (unpaired) electrons. The summed E-state index contributed by atoms with van der Waals surface area (Å²) in [5, 5.41) is 7.88. The largest absolute Gasteiger partial charge is 0.455 e. The highest BCUT2D eigenvalue weighted by molar-refractivity contribution is 6.25. The summed E-state index contributed by atoms with van der Waals surface area (Å²) in [6.07, 6.45) is 3.09. The van der Waals surface area contributed by atoms with Crippen LogP contribution in [0.3, 0.4) is 0 Å². The first-order valence-corrected chi connectivity index (χ1v) is 20.7. The van der Waals surface area contributed by atoms with Crippen LogP contribution in [-0.2, 0) is 0 Å². The Kier molecular flexibility index (Phi) is 8.42. The van der Waals surface area contributed by atoms with Crippen LogP contribution in [0.25, 0.3) is 82.8 Å². The third-order valence-electron chi connectivity index (χ3n) is 11.8. The molecule has 12 rings (SSSR count). The number of nitrogens with one attached hydrogen (secondary N) is 1. The van der Waals surface area contributed by atoms with Gasteiger partial charge in [0.05, 0.1) is 27.8 Å². The van der Waals surface area contributed by atoms with Crippen molar-refractivity contribution in [2.24, 2.45) is 9.98 Å². The molecule has 0 spiro atoms. The number of benzene rings is 7. The van der Waals surface area contributed by atoms with E-state index in [-0.39, 0.29) is 0 Å². The van der Waals surface area contributed by atoms with Gasteiger partial charge < -0.3 is 14.3 Å². The molecule has 1 N–H and O–H groups in total. The lowest BCUT2D eigenvalue weighted by atomic mass is 9.92. The average Bonchev–Trinajstić information content (AvgIpc) is 3.91. The second kappa shape index (κ2) is 14.7. The minimum atomic E-state index is -0.480. The number of aliphatic imine (C=N–C) groups is 2. The molecule has 62 heavy (non-hydrogen) atoms. The van der Waals surface area contributed by atoms with Crippen LogP contribution in [0.15, 0.2) is 221 Å². The Morgan fingerprint density at radius 2 is 1.08 bits per heavy atom. The van der Waals surface area contributed by atoms with Gasteiger partial charge in [-0.1, -0.05) is 140 Å². The zero-order valence-corrected chi connectivity index (χ0v) is 33.4. The highest BCUT2D eigenvalue weighted by Gasteiger charge is 2.27. The number of aromatic nitrogens is 3. The summed E-state index contributed by atoms with van der Waals surface area (Å²) in [5.41, 5.74) is 13.7. The van der Waals surface area contributed by atoms with Crippen LogP contribution in [0.4, 0.5) is 0 Å². The molecular weight excluding hydrogens is 761 g/mol. The Morgan fingerprint density at radius 1 is 0.468 bits per heavy atom. The van der Waals surface area contributed by atoms with Gasteiger partial charge in [-0.25, -0.2) is 9.98 Å². The van der Waals surface area contributed by atoms with E-state index in [9.17, 15) is 0 Å². The van der Waals surface area contributed by atoms with Crippen molar-refractivity contribution in [3.8, 4) is 39.1 Å². The smallest absolute Gasteiger partial charge is 0.165 e. The molecule has 1 aliphatic rings. The van der Waals surface area contributed by atoms with E-state index in [1.807, 2.05) is 42.5 Å². The van der Waals surface area contributed by atoms with E-state index < -0.39 is 6.17 Å². The summed E-state index contributed by atoms with van der Waals surface area (Å²) in [6.45, 7) is 0. The number of nitrogens with zero attached hydrogens (tertiary/aromatic N) is 5. The normalized spacial score (nSPS) is 14.0. The van der Waals surface area contributed by atoms with E-state index in [2.05, 4.69) is 167 Å². The standard InChI is InChI=1S/C55H36N6O/c1-4-17-35(18-5-1)39-24-16-25-40-41-29-30-48-49(52(41)62-51(39)40)42-23-10-11-28-47(42)61(48)50-43(36-19-6-2-7-20-36)33-38(34-44(50)37-21-8-3-9-22-37)53-58-54(45-26-12-14-31-56-45)60-55(59-53)46-27-13-15-32-57-46/h1-34,54H,(H,58,59,60). The maximum atomic E-state index is 7.07. The van der Waals surface area contributed by atoms with Crippen molar-refractivity contribution in [3.63, 3.8) is 0 Å². The van der Waals surface area contributed by atoms with Gasteiger partial charge in [0.25, 0.3) is 0 Å². The molecule has 7 aromatic carbocycles. The number of para-hydroxylation sites is 2. The number of fused-ring (bicyclic) bond motifs is 7. The number of rotatable bonds is 7. The van der Waals surface area contributed by atoms with Crippen molar-refractivity contribution in [1.29, 1.82) is 0 Å². The molecule has 1 aliphatic heterocycles. The Bertz CT molecular complexity index is 3460. The molecule has 1 atom stereocenters. The zero-order chi connectivity index (χ0) is 41.0. The lowest BCUT2D eigenvalue weighted by Gasteiger charge is -2.24. The molecule has 7 nitrogen and oxygen atoms in total. The van der Waals surface area contributed by atoms with Crippen LogP contribution in [0.2, 0.25) is 0 Å². The van der Waals surface area contributed by atoms with Gasteiger partial charge in [0, 0.05) is 50.8 Å². The van der Waals surface area contributed by atoms with Gasteiger partial charge in [0.15, 0.2) is 17.8 Å². The summed E-state index contributed by atoms with van der Waals surface area (Å²) in [4.78, 5) is 19.8. The summed E-state index contributed by atoms with van der Waals surface area (Å²) in [7, 11) is 0. The molecule has 7 heteroatoms. The molecule has 292 valence electrons. The van der Waals surface area contributed by atoms with E-state index >= 15 is 0 Å². The molecule has 1 unspecified atom stereocenters. The van der Waals surface area contributed by atoms with Crippen LogP contribution >= 0.6 is 0 Å². The van der Waals surface area contributed by atoms with Crippen LogP contribution in [0, 0.1) is 0 Å². The lowest BCUT2D eigenvalue weighted by Crippen LogP contribution is -2.34. The van der Waals surface area contributed by atoms with Crippen LogP contribution < -0.4 is 5.32 Å². The van der Waals surface area contributed by atoms with Crippen LogP contribution in [0.1, 0.15) is 23.1 Å². The predicted molar refractivity (Wildman–Crippen MR) is 252 cm³/mol. The average molecular weight is 797 g/mol. The fourth-order valence-corrected chi connectivity index (χ4v) is 8.98. The molecule has 0 amide bonds. The Labute approximate surface area is 357 Å². The first-order valence-electron chi connectivity index (χ1n) is 20.7. The van der Waals surface area contributed by atoms with Gasteiger partial charge in [0.2, 0.25) is 0 Å². The van der Waals surface area contributed by atoms with Gasteiger partial charge >= 0.3 is 0 Å². The van der Waals surface area contributed by atoms with Crippen molar-refractivity contribution in [2.45, 2.75) is 6.17 Å². The van der Waals surface area contributed by atoms with E-state index in [0.29, 0.717) is 11.7 Å². The minimum Gasteiger partial charge on any atom is -0.455 e. The maximum Gasteiger partial charge on any atom is 0.165 e. The fraction of sp³-hybridized carbons (Fsp3) is 0.0182. The van der Waals surface area contributed by atoms with Gasteiger partial charge in [-0.05, 0) is 71.3 Å². The molecule has 0 saturated heterocycles. The van der Waals surface area contributed by atoms with Gasteiger partial charge in [0.1, 0.15) is 16.9 Å². The van der Waals surface area contributed by atoms with Crippen molar-refractivity contribution in [2.75, 3.05) is 0 Å². The lowest BCUT2D eigenvalue weighted by molar-refractivity contribution is 0.651. The van der Waals surface area contributed by atoms with Crippen molar-refractivity contribution < 1.29 is 4.42 Å². The molecule has 4 aromatic heterocycles. The van der Waals surface area contributed by atoms with Crippen molar-refractivity contribution in [3.05, 3.63) is 223 Å². The van der Waals surface area contributed by atoms with Gasteiger partial charge in [-0.3, -0.25) is 9.97 Å². The molecular formula is C55H36N6O. The number of furan rings is 1. The SMILES string of the molecule is c1ccc(-c2cc(C3=NC(c4ccccn4)NC(c4ccccn4)=N3)cc(-c3ccccc3)c2-n2c3ccccc3c3c4oc5c(-c6ccccc6)cccc5c4ccc32)cc1. The summed E-state index contributed by atoms with van der Waals surface area (Å²) in [6, 6.07) is 67.5. The highest BCUT2D eigenvalue weighted by atomic mass is 16.3. The third kappa shape index (κ3) is 5.90. The van der Waals surface area contributed by atoms with Crippen LogP contribution in [-0.4, -0.2) is 26.2 Å². The second-order valence-electron chi connectivity index (χ2n) is 15.4.